The highest BCUT2D eigenvalue weighted by Gasteiger charge is 2.40. The highest BCUT2D eigenvalue weighted by molar-refractivity contribution is 6.75. The van der Waals surface area contributed by atoms with Crippen LogP contribution in [0.2, 0.25) is 36.3 Å². The maximum absolute atomic E-state index is 10.4. The largest absolute Gasteiger partial charge is 0.543 e. The Kier molecular flexibility index (Phi) is 13.5. The molecule has 1 fully saturated rings. The van der Waals surface area contributed by atoms with Crippen LogP contribution in [0.15, 0.2) is 60.7 Å². The highest BCUT2D eigenvalue weighted by Crippen LogP contribution is 2.43. The molecule has 1 heterocycles. The second-order valence-corrected chi connectivity index (χ2v) is 28.2. The summed E-state index contributed by atoms with van der Waals surface area (Å²) in [5.41, 5.74) is 6.53. The predicted octanol–water partition coefficient (Wildman–Crippen LogP) is 11.0. The third-order valence-corrected chi connectivity index (χ3v) is 21.3. The van der Waals surface area contributed by atoms with Crippen molar-refractivity contribution < 1.29 is 18.7 Å². The van der Waals surface area contributed by atoms with E-state index in [2.05, 4.69) is 138 Å². The van der Waals surface area contributed by atoms with Gasteiger partial charge in [0.2, 0.25) is 16.6 Å². The average Bonchev–Trinajstić information content (AvgIpc) is 3.36. The van der Waals surface area contributed by atoms with Crippen LogP contribution < -0.4 is 18.5 Å². The number of benzene rings is 3. The van der Waals surface area contributed by atoms with E-state index in [9.17, 15) is 5.11 Å². The number of nitrogens with zero attached hydrogens (tertiary/aromatic N) is 2. The zero-order chi connectivity index (χ0) is 38.4. The van der Waals surface area contributed by atoms with Crippen molar-refractivity contribution in [2.45, 2.75) is 135 Å². The molecule has 0 aromatic heterocycles. The van der Waals surface area contributed by atoms with E-state index in [-0.39, 0.29) is 16.7 Å². The van der Waals surface area contributed by atoms with E-state index in [1.807, 2.05) is 0 Å². The number of aliphatic hydroxyl groups excluding tert-OH is 1. The molecule has 1 atom stereocenters. The summed E-state index contributed by atoms with van der Waals surface area (Å²) in [6.45, 7) is 28.4. The summed E-state index contributed by atoms with van der Waals surface area (Å²) in [5.74, 6) is 3.23. The molecule has 2 aliphatic rings. The number of ether oxygens (including phenoxy) is 1. The molecule has 3 aromatic rings. The van der Waals surface area contributed by atoms with E-state index >= 15 is 0 Å². The van der Waals surface area contributed by atoms with Crippen molar-refractivity contribution >= 4 is 22.3 Å². The first-order valence-electron chi connectivity index (χ1n) is 20.4. The molecule has 1 saturated heterocycles. The number of hydrogen-bond acceptors (Lipinski definition) is 6. The lowest BCUT2D eigenvalue weighted by Crippen LogP contribution is -2.43. The molecule has 0 radical (unpaired) electrons. The van der Waals surface area contributed by atoms with Gasteiger partial charge in [-0.3, -0.25) is 4.90 Å². The highest BCUT2D eigenvalue weighted by atomic mass is 28.4. The summed E-state index contributed by atoms with van der Waals surface area (Å²) < 4.78 is 19.8. The topological polar surface area (TPSA) is 54.4 Å². The second-order valence-electron chi connectivity index (χ2n) is 18.7. The first kappa shape index (κ1) is 41.4. The Morgan fingerprint density at radius 3 is 1.92 bits per heavy atom. The molecule has 3 aromatic carbocycles. The van der Waals surface area contributed by atoms with Crippen LogP contribution in [0, 0.1) is 0 Å². The van der Waals surface area contributed by atoms with Gasteiger partial charge in [0.25, 0.3) is 0 Å². The van der Waals surface area contributed by atoms with Gasteiger partial charge in [0.05, 0.1) is 6.61 Å². The monoisotopic (exact) mass is 758 g/mol. The number of fused-ring (bicyclic) bond motifs is 1. The van der Waals surface area contributed by atoms with Gasteiger partial charge in [-0.15, -0.1) is 0 Å². The van der Waals surface area contributed by atoms with Crippen LogP contribution >= 0.6 is 0 Å². The lowest BCUT2D eigenvalue weighted by molar-refractivity contribution is 0.214. The Hall–Kier alpha value is -2.79. The minimum atomic E-state index is -2.06. The summed E-state index contributed by atoms with van der Waals surface area (Å²) in [5, 5.41) is 10.6. The van der Waals surface area contributed by atoms with Gasteiger partial charge < -0.3 is 23.6 Å². The van der Waals surface area contributed by atoms with Gasteiger partial charge in [-0.05, 0) is 140 Å². The van der Waals surface area contributed by atoms with E-state index < -0.39 is 16.6 Å². The second kappa shape index (κ2) is 17.3. The van der Waals surface area contributed by atoms with Gasteiger partial charge in [0.1, 0.15) is 23.9 Å². The minimum absolute atomic E-state index is 0.0783. The van der Waals surface area contributed by atoms with Crippen molar-refractivity contribution in [3.05, 3.63) is 82.9 Å². The van der Waals surface area contributed by atoms with Gasteiger partial charge in [0, 0.05) is 31.4 Å². The summed E-state index contributed by atoms with van der Waals surface area (Å²) in [7, 11) is -3.97. The Morgan fingerprint density at radius 2 is 1.32 bits per heavy atom. The molecule has 1 unspecified atom stereocenters. The molecule has 0 saturated carbocycles. The van der Waals surface area contributed by atoms with Crippen LogP contribution in [0.5, 0.6) is 17.2 Å². The lowest BCUT2D eigenvalue weighted by Gasteiger charge is -2.38. The average molecular weight is 759 g/mol. The van der Waals surface area contributed by atoms with E-state index in [1.165, 1.54) is 66.7 Å². The standard InChI is InChI=1S/C45H70N2O4Si2/c1-44(2,3)52(7,8)50-40-22-19-36-31-38(18-17-37(36)32-40)42-24-23-41(51-53(9,10)45(4,5)6)33-43(42)47(27-29-48)34-35-15-20-39(21-16-35)49-30-28-46-25-13-11-12-14-26-46/h15-16,19-24,32-33,38,48H,11-14,17-18,25-31,34H2,1-10H3. The third-order valence-electron chi connectivity index (χ3n) is 12.6. The van der Waals surface area contributed by atoms with Gasteiger partial charge in [0.15, 0.2) is 0 Å². The SMILES string of the molecule is CC(C)(C)[Si](C)(C)Oc1ccc2c(c1)CCC(c1ccc(O[Si](C)(C)C(C)(C)C)cc1N(CCO)Cc1ccc(OCCN3CCCCCC3)cc1)C2. The smallest absolute Gasteiger partial charge is 0.250 e. The van der Waals surface area contributed by atoms with Gasteiger partial charge in [-0.2, -0.15) is 0 Å². The summed E-state index contributed by atoms with van der Waals surface area (Å²) in [6, 6.07) is 22.2. The van der Waals surface area contributed by atoms with Gasteiger partial charge in [-0.25, -0.2) is 0 Å². The molecule has 1 aliphatic heterocycles. The Labute approximate surface area is 324 Å². The molecule has 6 nitrogen and oxygen atoms in total. The maximum atomic E-state index is 10.4. The molecule has 0 spiro atoms. The number of likely N-dealkylation sites (tertiary alicyclic amines) is 1. The number of rotatable bonds is 14. The van der Waals surface area contributed by atoms with Crippen molar-refractivity contribution in [3.63, 3.8) is 0 Å². The molecule has 0 amide bonds. The Morgan fingerprint density at radius 1 is 0.736 bits per heavy atom. The predicted molar refractivity (Wildman–Crippen MR) is 228 cm³/mol. The molecule has 53 heavy (non-hydrogen) atoms. The van der Waals surface area contributed by atoms with Crippen LogP contribution in [0.25, 0.3) is 0 Å². The summed E-state index contributed by atoms with van der Waals surface area (Å²) >= 11 is 0. The lowest BCUT2D eigenvalue weighted by atomic mass is 9.79. The minimum Gasteiger partial charge on any atom is -0.543 e. The van der Waals surface area contributed by atoms with Crippen molar-refractivity contribution in [1.29, 1.82) is 0 Å². The van der Waals surface area contributed by atoms with Crippen LogP contribution in [-0.2, 0) is 19.4 Å². The van der Waals surface area contributed by atoms with E-state index in [4.69, 9.17) is 13.6 Å². The van der Waals surface area contributed by atoms with E-state index in [1.54, 1.807) is 0 Å². The third kappa shape index (κ3) is 10.9. The van der Waals surface area contributed by atoms with E-state index in [0.29, 0.717) is 19.0 Å². The molecule has 1 aliphatic carbocycles. The zero-order valence-corrected chi connectivity index (χ0v) is 36.8. The van der Waals surface area contributed by atoms with Gasteiger partial charge in [-0.1, -0.05) is 78.6 Å². The quantitative estimate of drug-likeness (QED) is 0.165. The normalized spacial score (nSPS) is 17.5. The number of anilines is 1. The van der Waals surface area contributed by atoms with Crippen LogP contribution in [-0.4, -0.2) is 66.0 Å². The number of aryl methyl sites for hydroxylation is 1. The fourth-order valence-corrected chi connectivity index (χ4v) is 9.18. The fraction of sp³-hybridized carbons (Fsp3) is 0.600. The van der Waals surface area contributed by atoms with Crippen molar-refractivity contribution in [1.82, 2.24) is 4.90 Å². The molecule has 0 bridgehead atoms. The van der Waals surface area contributed by atoms with Crippen molar-refractivity contribution in [2.75, 3.05) is 44.3 Å². The maximum Gasteiger partial charge on any atom is 0.250 e. The molecular formula is C45H70N2O4Si2. The molecule has 1 N–H and O–H groups in total. The molecular weight excluding hydrogens is 689 g/mol. The van der Waals surface area contributed by atoms with E-state index in [0.717, 1.165) is 49.7 Å². The van der Waals surface area contributed by atoms with Crippen molar-refractivity contribution in [3.8, 4) is 17.2 Å². The molecule has 292 valence electrons. The summed E-state index contributed by atoms with van der Waals surface area (Å²) in [6.07, 6.45) is 8.39. The fourth-order valence-electron chi connectivity index (χ4n) is 7.13. The number of hydrogen-bond donors (Lipinski definition) is 1. The Bertz CT molecular complexity index is 1620. The van der Waals surface area contributed by atoms with Gasteiger partial charge >= 0.3 is 0 Å². The Balaban J connectivity index is 1.37. The van der Waals surface area contributed by atoms with Crippen LogP contribution in [0.4, 0.5) is 5.69 Å². The zero-order valence-electron chi connectivity index (χ0n) is 34.8. The molecule has 5 rings (SSSR count). The first-order chi connectivity index (χ1) is 25.0. The van der Waals surface area contributed by atoms with Crippen LogP contribution in [0.3, 0.4) is 0 Å². The molecule has 8 heteroatoms. The van der Waals surface area contributed by atoms with Crippen molar-refractivity contribution in [2.24, 2.45) is 0 Å². The van der Waals surface area contributed by atoms with Crippen LogP contribution in [0.1, 0.15) is 102 Å². The summed E-state index contributed by atoms with van der Waals surface area (Å²) in [4.78, 5) is 4.90. The number of aliphatic hydroxyl groups is 1. The first-order valence-corrected chi connectivity index (χ1v) is 26.2.